The highest BCUT2D eigenvalue weighted by atomic mass is 79.9. The Balaban J connectivity index is 1.63. The highest BCUT2D eigenvalue weighted by molar-refractivity contribution is 9.10. The third-order valence-corrected chi connectivity index (χ3v) is 9.05. The molecule has 0 aliphatic rings. The van der Waals surface area contributed by atoms with Gasteiger partial charge in [-0.3, -0.25) is 9.36 Å². The van der Waals surface area contributed by atoms with Gasteiger partial charge < -0.3 is 9.47 Å². The van der Waals surface area contributed by atoms with Gasteiger partial charge in [-0.15, -0.1) is 5.10 Å². The van der Waals surface area contributed by atoms with Crippen molar-refractivity contribution in [3.63, 3.8) is 0 Å². The van der Waals surface area contributed by atoms with Gasteiger partial charge in [0.1, 0.15) is 11.5 Å². The number of benzene rings is 3. The Bertz CT molecular complexity index is 1860. The Morgan fingerprint density at radius 3 is 2.40 bits per heavy atom. The average Bonchev–Trinajstić information content (AvgIpc) is 2.97. The Labute approximate surface area is 239 Å². The normalized spacial score (nSPS) is 11.4. The van der Waals surface area contributed by atoms with E-state index in [1.165, 1.54) is 34.3 Å². The summed E-state index contributed by atoms with van der Waals surface area (Å²) in [5, 5.41) is 8.52. The second-order valence-corrected chi connectivity index (χ2v) is 11.7. The molecule has 0 aliphatic heterocycles. The Hall–Kier alpha value is -4.22. The van der Waals surface area contributed by atoms with Gasteiger partial charge in [-0.2, -0.15) is 5.10 Å². The molecule has 0 saturated heterocycles. The number of pyridine rings is 1. The first-order valence-corrected chi connectivity index (χ1v) is 14.4. The van der Waals surface area contributed by atoms with E-state index in [0.717, 1.165) is 15.6 Å². The molecule has 11 heteroatoms. The number of anilines is 1. The fourth-order valence-electron chi connectivity index (χ4n) is 4.36. The second-order valence-electron chi connectivity index (χ2n) is 8.94. The van der Waals surface area contributed by atoms with E-state index in [-0.39, 0.29) is 22.8 Å². The van der Waals surface area contributed by atoms with Crippen LogP contribution in [0.1, 0.15) is 11.1 Å². The fourth-order valence-corrected chi connectivity index (χ4v) is 6.11. The minimum absolute atomic E-state index is 0.0257. The van der Waals surface area contributed by atoms with Gasteiger partial charge in [-0.1, -0.05) is 28.1 Å². The summed E-state index contributed by atoms with van der Waals surface area (Å²) in [7, 11) is -0.990. The Morgan fingerprint density at radius 1 is 0.950 bits per heavy atom. The van der Waals surface area contributed by atoms with Crippen LogP contribution in [0, 0.1) is 6.92 Å². The van der Waals surface area contributed by atoms with E-state index >= 15 is 0 Å². The molecule has 5 aromatic rings. The van der Waals surface area contributed by atoms with E-state index in [0.29, 0.717) is 28.1 Å². The fraction of sp³-hybridized carbons (Fsp3) is 0.138. The van der Waals surface area contributed by atoms with Crippen molar-refractivity contribution in [3.05, 3.63) is 111 Å². The summed E-state index contributed by atoms with van der Waals surface area (Å²) in [5.74, 6) is 1.34. The molecule has 0 amide bonds. The van der Waals surface area contributed by atoms with Gasteiger partial charge in [0.05, 0.1) is 36.9 Å². The predicted octanol–water partition coefficient (Wildman–Crippen LogP) is 5.26. The van der Waals surface area contributed by atoms with Crippen LogP contribution in [0.25, 0.3) is 16.6 Å². The zero-order valence-corrected chi connectivity index (χ0v) is 24.3. The molecule has 0 aliphatic carbocycles. The van der Waals surface area contributed by atoms with Crippen LogP contribution in [-0.2, 0) is 16.6 Å². The number of rotatable bonds is 8. The first kappa shape index (κ1) is 27.4. The summed E-state index contributed by atoms with van der Waals surface area (Å²) in [6.45, 7) is 1.94. The number of aromatic nitrogens is 3. The number of fused-ring (bicyclic) bond motifs is 1. The number of halogens is 1. The molecule has 204 valence electrons. The van der Waals surface area contributed by atoms with Gasteiger partial charge in [0.2, 0.25) is 0 Å². The molecule has 0 radical (unpaired) electrons. The lowest BCUT2D eigenvalue weighted by atomic mass is 10.1. The molecule has 40 heavy (non-hydrogen) atoms. The van der Waals surface area contributed by atoms with Crippen molar-refractivity contribution in [3.8, 4) is 17.2 Å². The van der Waals surface area contributed by atoms with Crippen molar-refractivity contribution in [2.75, 3.05) is 18.5 Å². The summed E-state index contributed by atoms with van der Waals surface area (Å²) in [4.78, 5) is 13.1. The maximum Gasteiger partial charge on any atom is 0.265 e. The van der Waals surface area contributed by atoms with Crippen LogP contribution in [0.3, 0.4) is 0 Å². The standard InChI is InChI=1S/C29H25BrN4O5S/c1-19-15-26(27(39-3)17-24(19)30)34-25-12-11-23(16-21(25)8-13-29(34)35)40(36,37)33(28-5-4-14-31-32-28)18-20-6-9-22(38-2)10-7-20/h4-17H,18H2,1-3H3. The van der Waals surface area contributed by atoms with E-state index in [4.69, 9.17) is 9.47 Å². The number of hydrogen-bond donors (Lipinski definition) is 0. The van der Waals surface area contributed by atoms with Crippen molar-refractivity contribution in [2.24, 2.45) is 0 Å². The number of ether oxygens (including phenoxy) is 2. The van der Waals surface area contributed by atoms with Gasteiger partial charge in [0.15, 0.2) is 5.82 Å². The van der Waals surface area contributed by atoms with Gasteiger partial charge in [-0.25, -0.2) is 12.7 Å². The van der Waals surface area contributed by atoms with Gasteiger partial charge in [0, 0.05) is 22.1 Å². The molecule has 9 nitrogen and oxygen atoms in total. The summed E-state index contributed by atoms with van der Waals surface area (Å²) in [6.07, 6.45) is 1.48. The first-order chi connectivity index (χ1) is 19.2. The van der Waals surface area contributed by atoms with Crippen LogP contribution in [-0.4, -0.2) is 37.4 Å². The minimum atomic E-state index is -4.09. The highest BCUT2D eigenvalue weighted by Crippen LogP contribution is 2.32. The van der Waals surface area contributed by atoms with Crippen molar-refractivity contribution >= 4 is 42.7 Å². The first-order valence-electron chi connectivity index (χ1n) is 12.2. The lowest BCUT2D eigenvalue weighted by Crippen LogP contribution is -2.31. The SMILES string of the molecule is COc1ccc(CN(c2cccnn2)S(=O)(=O)c2ccc3c(ccc(=O)n3-c3cc(C)c(Br)cc3OC)c2)cc1. The third kappa shape index (κ3) is 5.17. The average molecular weight is 622 g/mol. The predicted molar refractivity (Wildman–Crippen MR) is 157 cm³/mol. The van der Waals surface area contributed by atoms with Crippen LogP contribution >= 0.6 is 15.9 Å². The molecule has 0 unspecified atom stereocenters. The van der Waals surface area contributed by atoms with Gasteiger partial charge in [0.25, 0.3) is 15.6 Å². The molecule has 2 heterocycles. The summed E-state index contributed by atoms with van der Waals surface area (Å²) < 4.78 is 42.4. The van der Waals surface area contributed by atoms with Gasteiger partial charge in [-0.05, 0) is 78.7 Å². The number of sulfonamides is 1. The van der Waals surface area contributed by atoms with Crippen molar-refractivity contribution in [2.45, 2.75) is 18.4 Å². The maximum atomic E-state index is 14.0. The molecule has 3 aromatic carbocycles. The van der Waals surface area contributed by atoms with Crippen LogP contribution in [0.2, 0.25) is 0 Å². The molecular weight excluding hydrogens is 596 g/mol. The minimum Gasteiger partial charge on any atom is -0.497 e. The number of aryl methyl sites for hydroxylation is 1. The zero-order chi connectivity index (χ0) is 28.4. The lowest BCUT2D eigenvalue weighted by Gasteiger charge is -2.23. The molecule has 5 rings (SSSR count). The van der Waals surface area contributed by atoms with Crippen molar-refractivity contribution in [1.82, 2.24) is 14.8 Å². The molecule has 0 N–H and O–H groups in total. The summed E-state index contributed by atoms with van der Waals surface area (Å²) in [5.41, 5.74) is 2.46. The lowest BCUT2D eigenvalue weighted by molar-refractivity contribution is 0.412. The molecule has 0 bridgehead atoms. The van der Waals surface area contributed by atoms with Crippen LogP contribution < -0.4 is 19.3 Å². The molecule has 0 fully saturated rings. The molecule has 2 aromatic heterocycles. The molecular formula is C29H25BrN4O5S. The Morgan fingerprint density at radius 2 is 1.73 bits per heavy atom. The monoisotopic (exact) mass is 620 g/mol. The topological polar surface area (TPSA) is 104 Å². The quantitative estimate of drug-likeness (QED) is 0.233. The maximum absolute atomic E-state index is 14.0. The van der Waals surface area contributed by atoms with Crippen molar-refractivity contribution in [1.29, 1.82) is 0 Å². The smallest absolute Gasteiger partial charge is 0.265 e. The van der Waals surface area contributed by atoms with E-state index in [1.807, 2.05) is 13.0 Å². The van der Waals surface area contributed by atoms with E-state index < -0.39 is 10.0 Å². The van der Waals surface area contributed by atoms with Gasteiger partial charge >= 0.3 is 0 Å². The number of hydrogen-bond acceptors (Lipinski definition) is 7. The highest BCUT2D eigenvalue weighted by Gasteiger charge is 2.27. The molecule has 0 saturated carbocycles. The van der Waals surface area contributed by atoms with E-state index in [1.54, 1.807) is 67.8 Å². The van der Waals surface area contributed by atoms with E-state index in [2.05, 4.69) is 26.1 Å². The molecule has 0 spiro atoms. The van der Waals surface area contributed by atoms with Crippen LogP contribution in [0.15, 0.2) is 99.2 Å². The number of nitrogens with zero attached hydrogens (tertiary/aromatic N) is 4. The van der Waals surface area contributed by atoms with Crippen molar-refractivity contribution < 1.29 is 17.9 Å². The van der Waals surface area contributed by atoms with Crippen LogP contribution in [0.4, 0.5) is 5.82 Å². The second kappa shape index (κ2) is 11.1. The van der Waals surface area contributed by atoms with Crippen LogP contribution in [0.5, 0.6) is 11.5 Å². The zero-order valence-electron chi connectivity index (χ0n) is 21.9. The summed E-state index contributed by atoms with van der Waals surface area (Å²) >= 11 is 3.50. The third-order valence-electron chi connectivity index (χ3n) is 6.45. The molecule has 0 atom stereocenters. The number of methoxy groups -OCH3 is 2. The Kier molecular flexibility index (Phi) is 7.59. The summed E-state index contributed by atoms with van der Waals surface area (Å²) in [6, 6.07) is 21.7. The largest absolute Gasteiger partial charge is 0.497 e. The van der Waals surface area contributed by atoms with E-state index in [9.17, 15) is 13.2 Å².